The Morgan fingerprint density at radius 3 is 2.77 bits per heavy atom. The number of nitrogens with zero attached hydrogens (tertiary/aromatic N) is 2. The van der Waals surface area contributed by atoms with Crippen molar-refractivity contribution >= 4 is 52.3 Å². The number of anilines is 1. The van der Waals surface area contributed by atoms with E-state index in [9.17, 15) is 9.59 Å². The van der Waals surface area contributed by atoms with E-state index >= 15 is 0 Å². The summed E-state index contributed by atoms with van der Waals surface area (Å²) < 4.78 is 5.35. The first-order chi connectivity index (χ1) is 14.4. The molecule has 1 aliphatic carbocycles. The van der Waals surface area contributed by atoms with E-state index < -0.39 is 6.04 Å². The highest BCUT2D eigenvalue weighted by molar-refractivity contribution is 7.15. The third-order valence-corrected chi connectivity index (χ3v) is 6.90. The largest absolute Gasteiger partial charge is 0.382 e. The molecule has 2 atom stereocenters. The van der Waals surface area contributed by atoms with Crippen molar-refractivity contribution in [2.45, 2.75) is 44.7 Å². The highest BCUT2D eigenvalue weighted by Crippen LogP contribution is 2.34. The lowest BCUT2D eigenvalue weighted by Crippen LogP contribution is -2.43. The van der Waals surface area contributed by atoms with Crippen molar-refractivity contribution < 1.29 is 14.3 Å². The van der Waals surface area contributed by atoms with Crippen molar-refractivity contribution in [3.8, 4) is 0 Å². The van der Waals surface area contributed by atoms with Gasteiger partial charge in [0.25, 0.3) is 0 Å². The van der Waals surface area contributed by atoms with Crippen LogP contribution in [0.15, 0.2) is 35.3 Å². The molecular formula is C21H28Cl2N4O3S. The lowest BCUT2D eigenvalue weighted by atomic mass is 9.79. The standard InChI is InChI=1S/C21H27ClN4O3S.ClH/c1-13-3-5-14(6-4-13)19(23)20(28)25-21-24-9-18(30-21)17(12-29-2)26-10-15(22)7-8-16(26)11-27;/h7-10,13-14,17,19H,3-6,12,23H2,1-2H3,(H,24,25,28);1H/t13?,14?,17?,19-;/m0./s1. The third kappa shape index (κ3) is 6.42. The molecule has 3 N–H and O–H groups in total. The van der Waals surface area contributed by atoms with Gasteiger partial charge in [-0.25, -0.2) is 9.78 Å². The molecule has 1 saturated carbocycles. The Balaban J connectivity index is 0.00000341. The molecule has 170 valence electrons. The molecule has 0 saturated heterocycles. The molecule has 2 heterocycles. The van der Waals surface area contributed by atoms with Gasteiger partial charge in [0.15, 0.2) is 11.1 Å². The molecule has 1 aliphatic heterocycles. The number of ether oxygens (including phenoxy) is 1. The fourth-order valence-electron chi connectivity index (χ4n) is 3.84. The van der Waals surface area contributed by atoms with Crippen LogP contribution in [0.5, 0.6) is 0 Å². The smallest absolute Gasteiger partial charge is 0.243 e. The topological polar surface area (TPSA) is 97.5 Å². The van der Waals surface area contributed by atoms with Crippen molar-refractivity contribution in [2.24, 2.45) is 17.6 Å². The van der Waals surface area contributed by atoms with Gasteiger partial charge in [-0.3, -0.25) is 4.79 Å². The Morgan fingerprint density at radius 1 is 1.42 bits per heavy atom. The molecule has 0 spiro atoms. The molecule has 2 aliphatic rings. The zero-order valence-corrected chi connectivity index (χ0v) is 19.9. The van der Waals surface area contributed by atoms with Gasteiger partial charge in [0.1, 0.15) is 5.70 Å². The summed E-state index contributed by atoms with van der Waals surface area (Å²) in [5, 5.41) is 3.80. The van der Waals surface area contributed by atoms with Crippen LogP contribution in [0.4, 0.5) is 5.13 Å². The number of allylic oxidation sites excluding steroid dienone is 3. The second kappa shape index (κ2) is 11.8. The number of amides is 1. The number of aromatic nitrogens is 1. The van der Waals surface area contributed by atoms with Crippen LogP contribution in [-0.2, 0) is 14.3 Å². The Hall–Kier alpha value is -1.67. The maximum absolute atomic E-state index is 12.6. The molecule has 1 fully saturated rings. The van der Waals surface area contributed by atoms with Gasteiger partial charge in [-0.15, -0.1) is 12.4 Å². The first kappa shape index (κ1) is 25.6. The first-order valence-electron chi connectivity index (χ1n) is 10.0. The van der Waals surface area contributed by atoms with Gasteiger partial charge < -0.3 is 20.7 Å². The number of carbonyl (C=O) groups excluding carboxylic acids is 2. The minimum atomic E-state index is -0.543. The number of hydrogen-bond donors (Lipinski definition) is 2. The van der Waals surface area contributed by atoms with E-state index in [1.165, 1.54) is 11.3 Å². The van der Waals surface area contributed by atoms with E-state index in [4.69, 9.17) is 22.1 Å². The number of hydrogen-bond acceptors (Lipinski definition) is 7. The Bertz CT molecular complexity index is 874. The summed E-state index contributed by atoms with van der Waals surface area (Å²) in [6.45, 7) is 2.54. The van der Waals surface area contributed by atoms with Gasteiger partial charge in [0, 0.05) is 19.5 Å². The molecule has 7 nitrogen and oxygen atoms in total. The lowest BCUT2D eigenvalue weighted by molar-refractivity contribution is -0.118. The van der Waals surface area contributed by atoms with E-state index in [-0.39, 0.29) is 30.3 Å². The van der Waals surface area contributed by atoms with E-state index in [0.717, 1.165) is 30.6 Å². The monoisotopic (exact) mass is 486 g/mol. The van der Waals surface area contributed by atoms with Crippen LogP contribution >= 0.6 is 35.3 Å². The molecule has 0 aromatic carbocycles. The van der Waals surface area contributed by atoms with Crippen LogP contribution in [0, 0.1) is 11.8 Å². The molecule has 0 radical (unpaired) electrons. The van der Waals surface area contributed by atoms with Crippen molar-refractivity contribution in [1.82, 2.24) is 9.88 Å². The maximum Gasteiger partial charge on any atom is 0.243 e. The molecule has 10 heteroatoms. The summed E-state index contributed by atoms with van der Waals surface area (Å²) >= 11 is 7.44. The lowest BCUT2D eigenvalue weighted by Gasteiger charge is -2.30. The van der Waals surface area contributed by atoms with E-state index in [1.54, 1.807) is 36.6 Å². The van der Waals surface area contributed by atoms with Crippen LogP contribution in [0.1, 0.15) is 43.5 Å². The normalized spacial score (nSPS) is 22.8. The number of thiazole rings is 1. The summed E-state index contributed by atoms with van der Waals surface area (Å²) in [5.74, 6) is 2.61. The number of carbonyl (C=O) groups is 1. The number of methoxy groups -OCH3 is 1. The highest BCUT2D eigenvalue weighted by atomic mass is 35.5. The average Bonchev–Trinajstić information content (AvgIpc) is 3.20. The molecular weight excluding hydrogens is 459 g/mol. The van der Waals surface area contributed by atoms with Crippen LogP contribution < -0.4 is 11.1 Å². The fourth-order valence-corrected chi connectivity index (χ4v) is 4.91. The summed E-state index contributed by atoms with van der Waals surface area (Å²) in [5.41, 5.74) is 6.57. The zero-order chi connectivity index (χ0) is 21.7. The van der Waals surface area contributed by atoms with Crippen LogP contribution in [0.2, 0.25) is 0 Å². The van der Waals surface area contributed by atoms with Crippen molar-refractivity contribution in [3.63, 3.8) is 0 Å². The molecule has 1 aromatic rings. The third-order valence-electron chi connectivity index (χ3n) is 5.66. The van der Waals surface area contributed by atoms with Gasteiger partial charge in [0.05, 0.1) is 28.6 Å². The molecule has 1 unspecified atom stereocenters. The van der Waals surface area contributed by atoms with Gasteiger partial charge in [0.2, 0.25) is 5.91 Å². The number of nitrogens with one attached hydrogen (secondary N) is 1. The minimum absolute atomic E-state index is 0. The van der Waals surface area contributed by atoms with E-state index in [0.29, 0.717) is 28.4 Å². The van der Waals surface area contributed by atoms with Crippen molar-refractivity contribution in [2.75, 3.05) is 19.0 Å². The number of rotatable bonds is 7. The fraction of sp³-hybridized carbons (Fsp3) is 0.524. The summed E-state index contributed by atoms with van der Waals surface area (Å²) in [4.78, 5) is 30.9. The Morgan fingerprint density at radius 2 is 2.13 bits per heavy atom. The maximum atomic E-state index is 12.6. The quantitative estimate of drug-likeness (QED) is 0.564. The van der Waals surface area contributed by atoms with E-state index in [1.807, 2.05) is 5.94 Å². The molecule has 3 rings (SSSR count). The molecule has 1 amide bonds. The van der Waals surface area contributed by atoms with Crippen LogP contribution in [0.3, 0.4) is 0 Å². The second-order valence-corrected chi connectivity index (χ2v) is 9.31. The van der Waals surface area contributed by atoms with Gasteiger partial charge >= 0.3 is 0 Å². The van der Waals surface area contributed by atoms with Gasteiger partial charge in [-0.05, 0) is 36.8 Å². The Labute approximate surface area is 197 Å². The van der Waals surface area contributed by atoms with E-state index in [2.05, 4.69) is 17.2 Å². The second-order valence-electron chi connectivity index (χ2n) is 7.82. The van der Waals surface area contributed by atoms with Crippen molar-refractivity contribution in [1.29, 1.82) is 0 Å². The molecule has 31 heavy (non-hydrogen) atoms. The summed E-state index contributed by atoms with van der Waals surface area (Å²) in [6, 6.07) is -0.875. The molecule has 0 bridgehead atoms. The zero-order valence-electron chi connectivity index (χ0n) is 17.5. The Kier molecular flexibility index (Phi) is 9.75. The summed E-state index contributed by atoms with van der Waals surface area (Å²) in [7, 11) is 1.58. The van der Waals surface area contributed by atoms with Gasteiger partial charge in [-0.1, -0.05) is 42.7 Å². The number of nitrogens with two attached hydrogens (primary N) is 1. The molecule has 1 aromatic heterocycles. The first-order valence-corrected chi connectivity index (χ1v) is 11.2. The average molecular weight is 487 g/mol. The number of halogens is 2. The van der Waals surface area contributed by atoms with Crippen molar-refractivity contribution in [3.05, 3.63) is 40.2 Å². The highest BCUT2D eigenvalue weighted by Gasteiger charge is 2.30. The predicted octanol–water partition coefficient (Wildman–Crippen LogP) is 4.01. The summed E-state index contributed by atoms with van der Waals surface area (Å²) in [6.07, 6.45) is 10.7. The minimum Gasteiger partial charge on any atom is -0.382 e. The van der Waals surface area contributed by atoms with Crippen LogP contribution in [-0.4, -0.2) is 41.5 Å². The van der Waals surface area contributed by atoms with Gasteiger partial charge in [-0.2, -0.15) is 0 Å². The predicted molar refractivity (Wildman–Crippen MR) is 126 cm³/mol. The SMILES string of the molecule is COCC(c1cnc(NC(=O)[C@@H](N)C2CCC(C)CC2)s1)N1C=C(Cl)C=CC1=C=O.Cl. The van der Waals surface area contributed by atoms with Crippen LogP contribution in [0.25, 0.3) is 0 Å².